The summed E-state index contributed by atoms with van der Waals surface area (Å²) < 4.78 is 9.16. The Balaban J connectivity index is 1.87. The topological polar surface area (TPSA) is 121 Å². The molecule has 0 atom stereocenters. The summed E-state index contributed by atoms with van der Waals surface area (Å²) in [5, 5.41) is 8.51. The highest BCUT2D eigenvalue weighted by Crippen LogP contribution is 2.32. The number of carbonyl (C=O) groups excluding carboxylic acids is 2. The highest BCUT2D eigenvalue weighted by atomic mass is 79.9. The molecule has 0 saturated carbocycles. The highest BCUT2D eigenvalue weighted by molar-refractivity contribution is 9.09. The minimum absolute atomic E-state index is 0.314. The average Bonchev–Trinajstić information content (AvgIpc) is 3.44. The van der Waals surface area contributed by atoms with E-state index in [1.165, 1.54) is 6.26 Å². The fourth-order valence-corrected chi connectivity index (χ4v) is 3.85. The Morgan fingerprint density at radius 3 is 2.84 bits per heavy atom. The number of allylic oxidation sites excluding steroid dienone is 2. The van der Waals surface area contributed by atoms with Gasteiger partial charge in [-0.3, -0.25) is 19.6 Å². The molecule has 4 rings (SSSR count). The van der Waals surface area contributed by atoms with E-state index in [1.54, 1.807) is 22.9 Å². The number of primary amides is 1. The second kappa shape index (κ2) is 8.38. The number of alkyl halides is 1. The number of anilines is 1. The molecule has 1 aromatic carbocycles. The van der Waals surface area contributed by atoms with E-state index < -0.39 is 5.91 Å². The van der Waals surface area contributed by atoms with Crippen LogP contribution in [-0.4, -0.2) is 36.5 Å². The third kappa shape index (κ3) is 3.74. The molecule has 4 aromatic rings. The van der Waals surface area contributed by atoms with Crippen LogP contribution in [0.1, 0.15) is 33.5 Å². The van der Waals surface area contributed by atoms with Crippen LogP contribution in [0.25, 0.3) is 22.0 Å². The number of aryl methyl sites for hydroxylation is 2. The third-order valence-corrected chi connectivity index (χ3v) is 5.29. The van der Waals surface area contributed by atoms with Gasteiger partial charge < -0.3 is 14.7 Å². The summed E-state index contributed by atoms with van der Waals surface area (Å²) in [6.45, 7) is 4.76. The lowest BCUT2D eigenvalue weighted by Gasteiger charge is -2.09. The van der Waals surface area contributed by atoms with Gasteiger partial charge in [-0.2, -0.15) is 5.10 Å². The number of nitrogens with zero attached hydrogens (tertiary/aromatic N) is 4. The van der Waals surface area contributed by atoms with Gasteiger partial charge in [0.1, 0.15) is 11.2 Å². The Hall–Kier alpha value is -3.40. The first kappa shape index (κ1) is 20.9. The van der Waals surface area contributed by atoms with Gasteiger partial charge >= 0.3 is 0 Å². The van der Waals surface area contributed by atoms with Crippen molar-refractivity contribution in [1.29, 1.82) is 0 Å². The largest absolute Gasteiger partial charge is 0.462 e. The minimum atomic E-state index is -0.574. The molecule has 0 bridgehead atoms. The van der Waals surface area contributed by atoms with E-state index in [2.05, 4.69) is 31.3 Å². The summed E-state index contributed by atoms with van der Waals surface area (Å²) >= 11 is 3.37. The molecule has 3 aromatic heterocycles. The summed E-state index contributed by atoms with van der Waals surface area (Å²) in [6.07, 6.45) is 5.40. The summed E-state index contributed by atoms with van der Waals surface area (Å²) in [5.41, 5.74) is 8.71. The number of hydrogen-bond donors (Lipinski definition) is 2. The number of furan rings is 1. The number of halogens is 1. The van der Waals surface area contributed by atoms with Gasteiger partial charge in [-0.15, -0.1) is 0 Å². The van der Waals surface area contributed by atoms with Gasteiger partial charge in [-0.25, -0.2) is 4.98 Å². The molecule has 3 heterocycles. The Morgan fingerprint density at radius 1 is 1.32 bits per heavy atom. The maximum absolute atomic E-state index is 13.0. The molecular formula is C21H21BrN6O3. The number of nitrogens with one attached hydrogen (secondary N) is 1. The molecule has 9 nitrogen and oxygen atoms in total. The fraction of sp³-hybridized carbons (Fsp3) is 0.238. The van der Waals surface area contributed by atoms with Crippen LogP contribution in [0.5, 0.6) is 0 Å². The maximum atomic E-state index is 13.0. The van der Waals surface area contributed by atoms with Crippen LogP contribution in [0.15, 0.2) is 41.0 Å². The molecule has 3 N–H and O–H groups in total. The minimum Gasteiger partial charge on any atom is -0.462 e. The van der Waals surface area contributed by atoms with Gasteiger partial charge in [0.25, 0.3) is 5.91 Å². The molecule has 0 unspecified atom stereocenters. The Labute approximate surface area is 186 Å². The van der Waals surface area contributed by atoms with Gasteiger partial charge in [0, 0.05) is 23.8 Å². The van der Waals surface area contributed by atoms with E-state index in [0.29, 0.717) is 57.6 Å². The van der Waals surface area contributed by atoms with Crippen LogP contribution < -0.4 is 11.1 Å². The third-order valence-electron chi connectivity index (χ3n) is 4.91. The van der Waals surface area contributed by atoms with Crippen molar-refractivity contribution in [2.24, 2.45) is 5.73 Å². The zero-order chi connectivity index (χ0) is 22.1. The van der Waals surface area contributed by atoms with Crippen molar-refractivity contribution in [3.8, 4) is 0 Å². The van der Waals surface area contributed by atoms with Gasteiger partial charge in [0.2, 0.25) is 11.9 Å². The Kier molecular flexibility index (Phi) is 5.64. The van der Waals surface area contributed by atoms with Crippen molar-refractivity contribution in [2.75, 3.05) is 10.6 Å². The first-order valence-electron chi connectivity index (χ1n) is 9.71. The lowest BCUT2D eigenvalue weighted by Crippen LogP contribution is -2.19. The van der Waals surface area contributed by atoms with Crippen molar-refractivity contribution in [3.63, 3.8) is 0 Å². The second-order valence-corrected chi connectivity index (χ2v) is 7.58. The summed E-state index contributed by atoms with van der Waals surface area (Å²) in [4.78, 5) is 29.5. The van der Waals surface area contributed by atoms with Gasteiger partial charge in [0.15, 0.2) is 5.58 Å². The number of rotatable bonds is 7. The monoisotopic (exact) mass is 484 g/mol. The van der Waals surface area contributed by atoms with E-state index >= 15 is 0 Å². The standard InChI is InChI=1S/C21H21BrN6O3/c1-3-28-16(10-12(2)26-28)20(30)25-21-24-15-11-14(19(23)29)13-6-9-31-18(13)17(15)27(21)8-5-4-7-22/h4-6,9-11H,3,7-8H2,1-2H3,(H2,23,29)(H,24,25,30)/b5-4+. The van der Waals surface area contributed by atoms with Crippen LogP contribution in [0.2, 0.25) is 0 Å². The van der Waals surface area contributed by atoms with Crippen molar-refractivity contribution < 1.29 is 14.0 Å². The van der Waals surface area contributed by atoms with E-state index in [0.717, 1.165) is 5.69 Å². The zero-order valence-electron chi connectivity index (χ0n) is 17.1. The van der Waals surface area contributed by atoms with Crippen LogP contribution in [0, 0.1) is 6.92 Å². The molecule has 0 aliphatic heterocycles. The first-order valence-corrected chi connectivity index (χ1v) is 10.8. The summed E-state index contributed by atoms with van der Waals surface area (Å²) in [5.74, 6) is -0.565. The van der Waals surface area contributed by atoms with Crippen molar-refractivity contribution in [3.05, 3.63) is 53.6 Å². The quantitative estimate of drug-likeness (QED) is 0.306. The number of nitrogens with two attached hydrogens (primary N) is 1. The van der Waals surface area contributed by atoms with Crippen molar-refractivity contribution in [2.45, 2.75) is 26.9 Å². The van der Waals surface area contributed by atoms with Gasteiger partial charge in [0.05, 0.1) is 23.0 Å². The Bertz CT molecular complexity index is 1330. The van der Waals surface area contributed by atoms with Crippen LogP contribution in [0.3, 0.4) is 0 Å². The number of hydrogen-bond acceptors (Lipinski definition) is 5. The molecule has 0 spiro atoms. The van der Waals surface area contributed by atoms with E-state index in [9.17, 15) is 9.59 Å². The SMILES string of the molecule is CCn1nc(C)cc1C(=O)Nc1nc2cc(C(N)=O)c3ccoc3c2n1C/C=C/CBr. The van der Waals surface area contributed by atoms with Crippen molar-refractivity contribution >= 4 is 55.7 Å². The zero-order valence-corrected chi connectivity index (χ0v) is 18.6. The smallest absolute Gasteiger partial charge is 0.276 e. The number of fused-ring (bicyclic) bond motifs is 3. The van der Waals surface area contributed by atoms with Crippen LogP contribution in [-0.2, 0) is 13.1 Å². The number of aromatic nitrogens is 4. The molecule has 0 saturated heterocycles. The molecule has 0 fully saturated rings. The highest BCUT2D eigenvalue weighted by Gasteiger charge is 2.22. The van der Waals surface area contributed by atoms with Crippen LogP contribution in [0.4, 0.5) is 5.95 Å². The normalized spacial score (nSPS) is 11.7. The lowest BCUT2D eigenvalue weighted by molar-refractivity contribution is 0.0997. The number of benzene rings is 1. The molecule has 0 aliphatic rings. The molecule has 2 amide bonds. The predicted octanol–water partition coefficient (Wildman–Crippen LogP) is 3.61. The summed E-state index contributed by atoms with van der Waals surface area (Å²) in [7, 11) is 0. The number of imidazole rings is 1. The van der Waals surface area contributed by atoms with Gasteiger partial charge in [-0.05, 0) is 32.0 Å². The molecule has 31 heavy (non-hydrogen) atoms. The first-order chi connectivity index (χ1) is 14.9. The van der Waals surface area contributed by atoms with E-state index in [-0.39, 0.29) is 5.91 Å². The molecule has 160 valence electrons. The second-order valence-electron chi connectivity index (χ2n) is 6.93. The van der Waals surface area contributed by atoms with E-state index in [4.69, 9.17) is 10.2 Å². The van der Waals surface area contributed by atoms with Crippen LogP contribution >= 0.6 is 15.9 Å². The molecular weight excluding hydrogens is 464 g/mol. The van der Waals surface area contributed by atoms with E-state index in [1.807, 2.05) is 30.6 Å². The Morgan fingerprint density at radius 2 is 2.13 bits per heavy atom. The lowest BCUT2D eigenvalue weighted by atomic mass is 10.1. The fourth-order valence-electron chi connectivity index (χ4n) is 3.59. The number of carbonyl (C=O) groups is 2. The average molecular weight is 485 g/mol. The van der Waals surface area contributed by atoms with Gasteiger partial charge in [-0.1, -0.05) is 28.1 Å². The summed E-state index contributed by atoms with van der Waals surface area (Å²) in [6, 6.07) is 5.05. The van der Waals surface area contributed by atoms with Crippen molar-refractivity contribution in [1.82, 2.24) is 19.3 Å². The number of amides is 2. The predicted molar refractivity (Wildman–Crippen MR) is 122 cm³/mol. The molecule has 0 radical (unpaired) electrons. The molecule has 0 aliphatic carbocycles. The maximum Gasteiger partial charge on any atom is 0.276 e. The molecule has 10 heteroatoms.